The highest BCUT2D eigenvalue weighted by atomic mass is 35.5. The van der Waals surface area contributed by atoms with Gasteiger partial charge in [-0.1, -0.05) is 36.5 Å². The molecule has 0 heterocycles. The van der Waals surface area contributed by atoms with Crippen molar-refractivity contribution in [2.75, 3.05) is 0 Å². The van der Waals surface area contributed by atoms with Crippen LogP contribution in [0.3, 0.4) is 0 Å². The first kappa shape index (κ1) is 8.32. The van der Waals surface area contributed by atoms with Gasteiger partial charge in [-0.2, -0.15) is 0 Å². The first-order valence-electron chi connectivity index (χ1n) is 2.69. The highest BCUT2D eigenvalue weighted by molar-refractivity contribution is 6.56. The van der Waals surface area contributed by atoms with E-state index in [-0.39, 0.29) is 0 Å². The number of hydrogen-bond donors (Lipinski definition) is 0. The molecule has 0 bridgehead atoms. The summed E-state index contributed by atoms with van der Waals surface area (Å²) in [6, 6.07) is 0. The summed E-state index contributed by atoms with van der Waals surface area (Å²) in [5.74, 6) is 0. The highest BCUT2D eigenvalue weighted by Crippen LogP contribution is 2.16. The van der Waals surface area contributed by atoms with Gasteiger partial charge in [0.2, 0.25) is 0 Å². The molecule has 8 heavy (non-hydrogen) atoms. The van der Waals surface area contributed by atoms with E-state index in [2.05, 4.69) is 6.92 Å². The van der Waals surface area contributed by atoms with Crippen molar-refractivity contribution in [2.45, 2.75) is 26.7 Å². The SMILES string of the molecule is CCCC(C)=C(Cl)Cl. The van der Waals surface area contributed by atoms with Crippen LogP contribution in [0.1, 0.15) is 26.7 Å². The molecule has 0 unspecified atom stereocenters. The molecule has 0 aromatic heterocycles. The van der Waals surface area contributed by atoms with Crippen molar-refractivity contribution in [2.24, 2.45) is 0 Å². The molecule has 48 valence electrons. The standard InChI is InChI=1S/C6H10Cl2/c1-3-4-5(2)6(7)8/h3-4H2,1-2H3. The van der Waals surface area contributed by atoms with Crippen molar-refractivity contribution in [1.29, 1.82) is 0 Å². The maximum absolute atomic E-state index is 5.45. The summed E-state index contributed by atoms with van der Waals surface area (Å²) < 4.78 is 0.423. The average molecular weight is 153 g/mol. The lowest BCUT2D eigenvalue weighted by atomic mass is 10.2. The number of rotatable bonds is 2. The maximum atomic E-state index is 5.45. The Kier molecular flexibility index (Phi) is 4.39. The monoisotopic (exact) mass is 152 g/mol. The van der Waals surface area contributed by atoms with E-state index in [0.29, 0.717) is 4.49 Å². The molecular weight excluding hydrogens is 143 g/mol. The third kappa shape index (κ3) is 3.34. The van der Waals surface area contributed by atoms with E-state index in [9.17, 15) is 0 Å². The molecule has 0 aliphatic rings. The zero-order chi connectivity index (χ0) is 6.57. The molecule has 0 nitrogen and oxygen atoms in total. The van der Waals surface area contributed by atoms with Crippen molar-refractivity contribution in [3.63, 3.8) is 0 Å². The van der Waals surface area contributed by atoms with Gasteiger partial charge in [0.05, 0.1) is 0 Å². The third-order valence-corrected chi connectivity index (χ3v) is 1.59. The van der Waals surface area contributed by atoms with Crippen LogP contribution in [-0.2, 0) is 0 Å². The first-order valence-corrected chi connectivity index (χ1v) is 3.44. The number of halogens is 2. The molecule has 0 saturated heterocycles. The van der Waals surface area contributed by atoms with Crippen LogP contribution in [0.4, 0.5) is 0 Å². The Bertz CT molecular complexity index is 90.7. The minimum absolute atomic E-state index is 0.423. The normalized spacial score (nSPS) is 9.00. The lowest BCUT2D eigenvalue weighted by Crippen LogP contribution is -1.73. The molecule has 2 heteroatoms. The predicted molar refractivity (Wildman–Crippen MR) is 39.3 cm³/mol. The van der Waals surface area contributed by atoms with Crippen molar-refractivity contribution in [3.05, 3.63) is 10.1 Å². The summed E-state index contributed by atoms with van der Waals surface area (Å²) in [4.78, 5) is 0. The van der Waals surface area contributed by atoms with E-state index in [4.69, 9.17) is 23.2 Å². The van der Waals surface area contributed by atoms with Crippen LogP contribution in [-0.4, -0.2) is 0 Å². The Morgan fingerprint density at radius 2 is 1.88 bits per heavy atom. The predicted octanol–water partition coefficient (Wildman–Crippen LogP) is 3.50. The van der Waals surface area contributed by atoms with Crippen LogP contribution in [0.2, 0.25) is 0 Å². The fraction of sp³-hybridized carbons (Fsp3) is 0.667. The van der Waals surface area contributed by atoms with E-state index in [1.165, 1.54) is 0 Å². The van der Waals surface area contributed by atoms with Crippen molar-refractivity contribution in [1.82, 2.24) is 0 Å². The molecular formula is C6H10Cl2. The second-order valence-electron chi connectivity index (χ2n) is 1.79. The smallest absolute Gasteiger partial charge is 0.0710 e. The fourth-order valence-corrected chi connectivity index (χ4v) is 0.658. The molecule has 0 aromatic carbocycles. The van der Waals surface area contributed by atoms with Gasteiger partial charge >= 0.3 is 0 Å². The van der Waals surface area contributed by atoms with Gasteiger partial charge in [0.1, 0.15) is 4.49 Å². The van der Waals surface area contributed by atoms with Crippen LogP contribution in [0, 0.1) is 0 Å². The topological polar surface area (TPSA) is 0 Å². The largest absolute Gasteiger partial charge is 0.105 e. The Morgan fingerprint density at radius 3 is 2.00 bits per heavy atom. The zero-order valence-corrected chi connectivity index (χ0v) is 6.68. The molecule has 0 fully saturated rings. The van der Waals surface area contributed by atoms with Crippen LogP contribution < -0.4 is 0 Å². The fourth-order valence-electron chi connectivity index (χ4n) is 0.469. The highest BCUT2D eigenvalue weighted by Gasteiger charge is 1.91. The van der Waals surface area contributed by atoms with E-state index >= 15 is 0 Å². The minimum Gasteiger partial charge on any atom is -0.0710 e. The Hall–Kier alpha value is 0.320. The van der Waals surface area contributed by atoms with Gasteiger partial charge in [0.15, 0.2) is 0 Å². The van der Waals surface area contributed by atoms with E-state index < -0.39 is 0 Å². The van der Waals surface area contributed by atoms with Gasteiger partial charge in [-0.3, -0.25) is 0 Å². The summed E-state index contributed by atoms with van der Waals surface area (Å²) in [6.45, 7) is 4.04. The minimum atomic E-state index is 0.423. The summed E-state index contributed by atoms with van der Waals surface area (Å²) >= 11 is 10.9. The van der Waals surface area contributed by atoms with Crippen molar-refractivity contribution >= 4 is 23.2 Å². The van der Waals surface area contributed by atoms with Crippen LogP contribution in [0.15, 0.2) is 10.1 Å². The second kappa shape index (κ2) is 4.22. The third-order valence-electron chi connectivity index (χ3n) is 0.948. The molecule has 0 aromatic rings. The van der Waals surface area contributed by atoms with Crippen LogP contribution in [0.5, 0.6) is 0 Å². The number of hydrogen-bond acceptors (Lipinski definition) is 0. The summed E-state index contributed by atoms with van der Waals surface area (Å²) in [5.41, 5.74) is 1.08. The Balaban J connectivity index is 3.62. The van der Waals surface area contributed by atoms with Gasteiger partial charge in [-0.25, -0.2) is 0 Å². The lowest BCUT2D eigenvalue weighted by molar-refractivity contribution is 0.906. The van der Waals surface area contributed by atoms with Gasteiger partial charge in [0, 0.05) is 0 Å². The molecule has 0 aliphatic heterocycles. The molecule has 0 N–H and O–H groups in total. The van der Waals surface area contributed by atoms with Crippen LogP contribution >= 0.6 is 23.2 Å². The second-order valence-corrected chi connectivity index (χ2v) is 2.74. The summed E-state index contributed by atoms with van der Waals surface area (Å²) in [5, 5.41) is 0. The molecule has 0 rings (SSSR count). The zero-order valence-electron chi connectivity index (χ0n) is 5.17. The Morgan fingerprint density at radius 1 is 1.38 bits per heavy atom. The molecule has 0 aliphatic carbocycles. The maximum Gasteiger partial charge on any atom is 0.105 e. The van der Waals surface area contributed by atoms with E-state index in [1.807, 2.05) is 6.92 Å². The number of allylic oxidation sites excluding steroid dienone is 1. The summed E-state index contributed by atoms with van der Waals surface area (Å²) in [7, 11) is 0. The van der Waals surface area contributed by atoms with E-state index in [0.717, 1.165) is 18.4 Å². The van der Waals surface area contributed by atoms with Gasteiger partial charge in [-0.05, 0) is 18.9 Å². The van der Waals surface area contributed by atoms with Crippen molar-refractivity contribution in [3.8, 4) is 0 Å². The quantitative estimate of drug-likeness (QED) is 0.569. The van der Waals surface area contributed by atoms with Gasteiger partial charge in [0.25, 0.3) is 0 Å². The summed E-state index contributed by atoms with van der Waals surface area (Å²) in [6.07, 6.45) is 2.11. The Labute approximate surface area is 60.5 Å². The van der Waals surface area contributed by atoms with Crippen LogP contribution in [0.25, 0.3) is 0 Å². The molecule has 0 atom stereocenters. The van der Waals surface area contributed by atoms with Gasteiger partial charge < -0.3 is 0 Å². The van der Waals surface area contributed by atoms with Crippen molar-refractivity contribution < 1.29 is 0 Å². The molecule has 0 saturated carbocycles. The molecule has 0 spiro atoms. The average Bonchev–Trinajstić information content (AvgIpc) is 1.67. The molecule has 0 radical (unpaired) electrons. The van der Waals surface area contributed by atoms with E-state index in [1.54, 1.807) is 0 Å². The lowest BCUT2D eigenvalue weighted by Gasteiger charge is -1.94. The molecule has 0 amide bonds. The van der Waals surface area contributed by atoms with Gasteiger partial charge in [-0.15, -0.1) is 0 Å². The first-order chi connectivity index (χ1) is 3.68.